The van der Waals surface area contributed by atoms with E-state index in [1.54, 1.807) is 11.3 Å². The molecule has 96 valence electrons. The molecule has 1 aromatic rings. The summed E-state index contributed by atoms with van der Waals surface area (Å²) >= 11 is 1.73. The summed E-state index contributed by atoms with van der Waals surface area (Å²) in [5.41, 5.74) is 6.53. The Morgan fingerprint density at radius 3 is 2.76 bits per heavy atom. The zero-order chi connectivity index (χ0) is 12.5. The fourth-order valence-electron chi connectivity index (χ4n) is 2.64. The first-order chi connectivity index (χ1) is 8.00. The Bertz CT molecular complexity index is 342. The van der Waals surface area contributed by atoms with Crippen molar-refractivity contribution in [2.75, 3.05) is 6.54 Å². The molecule has 0 bridgehead atoms. The highest BCUT2D eigenvalue weighted by molar-refractivity contribution is 7.09. The molecule has 2 heterocycles. The van der Waals surface area contributed by atoms with Crippen LogP contribution in [0.5, 0.6) is 0 Å². The Kier molecular flexibility index (Phi) is 3.85. The largest absolute Gasteiger partial charge is 0.326 e. The molecule has 1 saturated heterocycles. The molecule has 0 spiro atoms. The van der Waals surface area contributed by atoms with Gasteiger partial charge in [0.2, 0.25) is 0 Å². The molecule has 0 saturated carbocycles. The molecule has 1 aliphatic heterocycles. The van der Waals surface area contributed by atoms with Crippen LogP contribution in [0.4, 0.5) is 0 Å². The van der Waals surface area contributed by atoms with Gasteiger partial charge in [0.1, 0.15) is 5.01 Å². The average molecular weight is 253 g/mol. The van der Waals surface area contributed by atoms with Crippen LogP contribution in [0.2, 0.25) is 0 Å². The van der Waals surface area contributed by atoms with Crippen molar-refractivity contribution in [2.45, 2.75) is 57.7 Å². The lowest BCUT2D eigenvalue weighted by Gasteiger charge is -2.41. The van der Waals surface area contributed by atoms with Crippen LogP contribution in [0.1, 0.15) is 51.1 Å². The normalized spacial score (nSPS) is 28.0. The van der Waals surface area contributed by atoms with Gasteiger partial charge < -0.3 is 5.73 Å². The molecular weight excluding hydrogens is 230 g/mol. The molecule has 2 unspecified atom stereocenters. The lowest BCUT2D eigenvalue weighted by atomic mass is 9.99. The maximum Gasteiger partial charge on any atom is 0.111 e. The first-order valence-corrected chi connectivity index (χ1v) is 7.30. The number of hydrogen-bond donors (Lipinski definition) is 1. The monoisotopic (exact) mass is 253 g/mol. The summed E-state index contributed by atoms with van der Waals surface area (Å²) in [4.78, 5) is 7.02. The minimum atomic E-state index is 0.151. The van der Waals surface area contributed by atoms with Crippen molar-refractivity contribution in [3.05, 3.63) is 16.6 Å². The number of aromatic nitrogens is 1. The smallest absolute Gasteiger partial charge is 0.111 e. The molecule has 17 heavy (non-hydrogen) atoms. The molecule has 0 amide bonds. The lowest BCUT2D eigenvalue weighted by Crippen LogP contribution is -2.49. The molecule has 3 nitrogen and oxygen atoms in total. The van der Waals surface area contributed by atoms with Gasteiger partial charge in [-0.05, 0) is 40.2 Å². The van der Waals surface area contributed by atoms with Crippen molar-refractivity contribution in [2.24, 2.45) is 5.73 Å². The maximum absolute atomic E-state index is 6.38. The molecule has 0 aromatic carbocycles. The third-order valence-electron chi connectivity index (χ3n) is 3.49. The quantitative estimate of drug-likeness (QED) is 0.837. The summed E-state index contributed by atoms with van der Waals surface area (Å²) < 4.78 is 0. The van der Waals surface area contributed by atoms with Crippen LogP contribution in [-0.4, -0.2) is 28.0 Å². The Labute approximate surface area is 108 Å². The molecule has 0 aliphatic carbocycles. The van der Waals surface area contributed by atoms with Crippen LogP contribution in [-0.2, 0) is 0 Å². The molecule has 2 N–H and O–H groups in total. The van der Waals surface area contributed by atoms with Gasteiger partial charge in [0, 0.05) is 23.2 Å². The van der Waals surface area contributed by atoms with Crippen molar-refractivity contribution in [3.8, 4) is 0 Å². The minimum absolute atomic E-state index is 0.151. The van der Waals surface area contributed by atoms with Crippen molar-refractivity contribution in [1.29, 1.82) is 0 Å². The standard InChI is InChI=1S/C13H23N3S/c1-13(2,3)16-8-5-4-6-10(14)11(16)12-15-7-9-17-12/h7,9-11H,4-6,8,14H2,1-3H3. The first-order valence-electron chi connectivity index (χ1n) is 6.42. The van der Waals surface area contributed by atoms with E-state index in [-0.39, 0.29) is 17.6 Å². The second-order valence-corrected chi connectivity index (χ2v) is 6.77. The fourth-order valence-corrected chi connectivity index (χ4v) is 3.46. The van der Waals surface area contributed by atoms with Crippen LogP contribution in [0.15, 0.2) is 11.6 Å². The number of nitrogens with zero attached hydrogens (tertiary/aromatic N) is 2. The first kappa shape index (κ1) is 13.0. The van der Waals surface area contributed by atoms with E-state index in [2.05, 4.69) is 30.7 Å². The minimum Gasteiger partial charge on any atom is -0.326 e. The maximum atomic E-state index is 6.38. The Morgan fingerprint density at radius 1 is 1.41 bits per heavy atom. The van der Waals surface area contributed by atoms with Gasteiger partial charge in [0.25, 0.3) is 0 Å². The van der Waals surface area contributed by atoms with Gasteiger partial charge in [-0.2, -0.15) is 0 Å². The highest BCUT2D eigenvalue weighted by atomic mass is 32.1. The van der Waals surface area contributed by atoms with Gasteiger partial charge in [0.05, 0.1) is 6.04 Å². The van der Waals surface area contributed by atoms with Gasteiger partial charge in [-0.3, -0.25) is 4.90 Å². The van der Waals surface area contributed by atoms with E-state index in [9.17, 15) is 0 Å². The zero-order valence-corrected chi connectivity index (χ0v) is 11.8. The molecule has 0 radical (unpaired) electrons. The number of likely N-dealkylation sites (tertiary alicyclic amines) is 1. The zero-order valence-electron chi connectivity index (χ0n) is 11.0. The van der Waals surface area contributed by atoms with E-state index in [0.29, 0.717) is 0 Å². The summed E-state index contributed by atoms with van der Waals surface area (Å²) in [6, 6.07) is 0.500. The second kappa shape index (κ2) is 5.04. The Morgan fingerprint density at radius 2 is 2.18 bits per heavy atom. The topological polar surface area (TPSA) is 42.1 Å². The van der Waals surface area contributed by atoms with Crippen LogP contribution in [0.3, 0.4) is 0 Å². The van der Waals surface area contributed by atoms with Gasteiger partial charge in [0.15, 0.2) is 0 Å². The van der Waals surface area contributed by atoms with E-state index >= 15 is 0 Å². The molecule has 1 aliphatic rings. The fraction of sp³-hybridized carbons (Fsp3) is 0.769. The van der Waals surface area contributed by atoms with Crippen LogP contribution in [0, 0.1) is 0 Å². The summed E-state index contributed by atoms with van der Waals surface area (Å²) in [6.07, 6.45) is 5.47. The SMILES string of the molecule is CC(C)(C)N1CCCCC(N)C1c1nccs1. The summed E-state index contributed by atoms with van der Waals surface area (Å²) in [7, 11) is 0. The van der Waals surface area contributed by atoms with E-state index < -0.39 is 0 Å². The van der Waals surface area contributed by atoms with Gasteiger partial charge >= 0.3 is 0 Å². The Hall–Kier alpha value is -0.450. The number of hydrogen-bond acceptors (Lipinski definition) is 4. The highest BCUT2D eigenvalue weighted by Crippen LogP contribution is 2.35. The lowest BCUT2D eigenvalue weighted by molar-refractivity contribution is 0.0754. The molecular formula is C13H23N3S. The number of thiazole rings is 1. The summed E-state index contributed by atoms with van der Waals surface area (Å²) in [5.74, 6) is 0. The average Bonchev–Trinajstić information content (AvgIpc) is 2.67. The van der Waals surface area contributed by atoms with E-state index in [1.807, 2.05) is 11.6 Å². The van der Waals surface area contributed by atoms with Crippen molar-refractivity contribution >= 4 is 11.3 Å². The van der Waals surface area contributed by atoms with E-state index in [0.717, 1.165) is 13.0 Å². The molecule has 2 rings (SSSR count). The molecule has 2 atom stereocenters. The van der Waals surface area contributed by atoms with Crippen molar-refractivity contribution in [1.82, 2.24) is 9.88 Å². The molecule has 1 aromatic heterocycles. The van der Waals surface area contributed by atoms with Crippen molar-refractivity contribution in [3.63, 3.8) is 0 Å². The third kappa shape index (κ3) is 2.87. The number of nitrogens with two attached hydrogens (primary N) is 1. The predicted molar refractivity (Wildman–Crippen MR) is 73.1 cm³/mol. The van der Waals surface area contributed by atoms with E-state index in [4.69, 9.17) is 5.73 Å². The van der Waals surface area contributed by atoms with Crippen LogP contribution >= 0.6 is 11.3 Å². The molecule has 1 fully saturated rings. The predicted octanol–water partition coefficient (Wildman–Crippen LogP) is 2.80. The van der Waals surface area contributed by atoms with Gasteiger partial charge in [-0.15, -0.1) is 11.3 Å². The van der Waals surface area contributed by atoms with Gasteiger partial charge in [-0.1, -0.05) is 6.42 Å². The second-order valence-electron chi connectivity index (χ2n) is 5.84. The van der Waals surface area contributed by atoms with Crippen molar-refractivity contribution < 1.29 is 0 Å². The Balaban J connectivity index is 2.32. The highest BCUT2D eigenvalue weighted by Gasteiger charge is 2.36. The van der Waals surface area contributed by atoms with E-state index in [1.165, 1.54) is 17.8 Å². The van der Waals surface area contributed by atoms with Crippen LogP contribution in [0.25, 0.3) is 0 Å². The number of rotatable bonds is 1. The van der Waals surface area contributed by atoms with Gasteiger partial charge in [-0.25, -0.2) is 4.98 Å². The summed E-state index contributed by atoms with van der Waals surface area (Å²) in [5, 5.41) is 3.22. The van der Waals surface area contributed by atoms with Crippen LogP contribution < -0.4 is 5.73 Å². The molecule has 4 heteroatoms. The third-order valence-corrected chi connectivity index (χ3v) is 4.34. The summed E-state index contributed by atoms with van der Waals surface area (Å²) in [6.45, 7) is 7.93.